The van der Waals surface area contributed by atoms with E-state index in [4.69, 9.17) is 0 Å². The van der Waals surface area contributed by atoms with Crippen LogP contribution in [0, 0.1) is 5.92 Å². The maximum Gasteiger partial charge on any atom is 0.0186 e. The zero-order chi connectivity index (χ0) is 11.2. The first-order chi connectivity index (χ1) is 7.84. The molecule has 16 heavy (non-hydrogen) atoms. The summed E-state index contributed by atoms with van der Waals surface area (Å²) < 4.78 is 1.18. The predicted octanol–water partition coefficient (Wildman–Crippen LogP) is 3.93. The number of rotatable bonds is 4. The lowest BCUT2D eigenvalue weighted by atomic mass is 9.97. The fourth-order valence-corrected chi connectivity index (χ4v) is 3.69. The predicted molar refractivity (Wildman–Crippen MR) is 75.1 cm³/mol. The molecule has 0 aliphatic carbocycles. The molecule has 1 nitrogen and oxygen atoms in total. The first-order valence-electron chi connectivity index (χ1n) is 5.94. The van der Waals surface area contributed by atoms with Crippen molar-refractivity contribution in [1.29, 1.82) is 0 Å². The normalized spacial score (nSPS) is 20.9. The van der Waals surface area contributed by atoms with E-state index < -0.39 is 0 Å². The van der Waals surface area contributed by atoms with Crippen molar-refractivity contribution in [3.05, 3.63) is 28.7 Å². The third-order valence-corrected chi connectivity index (χ3v) is 4.51. The molecular weight excluding hydrogens is 282 g/mol. The molecule has 0 saturated carbocycles. The van der Waals surface area contributed by atoms with Gasteiger partial charge in [0.1, 0.15) is 0 Å². The van der Waals surface area contributed by atoms with Crippen molar-refractivity contribution in [3.63, 3.8) is 0 Å². The Kier molecular flexibility index (Phi) is 5.20. The molecule has 2 rings (SSSR count). The van der Waals surface area contributed by atoms with Crippen LogP contribution in [0.25, 0.3) is 0 Å². The highest BCUT2D eigenvalue weighted by Crippen LogP contribution is 2.25. The highest BCUT2D eigenvalue weighted by atomic mass is 79.9. The van der Waals surface area contributed by atoms with E-state index in [9.17, 15) is 0 Å². The molecule has 0 radical (unpaired) electrons. The summed E-state index contributed by atoms with van der Waals surface area (Å²) >= 11 is 5.48. The van der Waals surface area contributed by atoms with Crippen LogP contribution in [-0.2, 0) is 0 Å². The van der Waals surface area contributed by atoms with Gasteiger partial charge >= 0.3 is 0 Å². The molecule has 0 aromatic heterocycles. The van der Waals surface area contributed by atoms with Gasteiger partial charge in [-0.05, 0) is 62.2 Å². The van der Waals surface area contributed by atoms with Crippen LogP contribution in [0.2, 0.25) is 0 Å². The number of benzene rings is 1. The second-order valence-electron chi connectivity index (χ2n) is 4.31. The Morgan fingerprint density at radius 3 is 3.12 bits per heavy atom. The number of thioether (sulfide) groups is 1. The third kappa shape index (κ3) is 4.11. The summed E-state index contributed by atoms with van der Waals surface area (Å²) in [5, 5.41) is 3.48. The van der Waals surface area contributed by atoms with Gasteiger partial charge in [-0.15, -0.1) is 11.8 Å². The number of hydrogen-bond acceptors (Lipinski definition) is 2. The summed E-state index contributed by atoms with van der Waals surface area (Å²) in [4.78, 5) is 1.37. The molecule has 1 unspecified atom stereocenters. The molecule has 0 spiro atoms. The maximum absolute atomic E-state index is 3.51. The van der Waals surface area contributed by atoms with Crippen LogP contribution in [0.1, 0.15) is 19.3 Å². The van der Waals surface area contributed by atoms with E-state index in [1.807, 2.05) is 11.8 Å². The van der Waals surface area contributed by atoms with Gasteiger partial charge in [-0.2, -0.15) is 0 Å². The minimum Gasteiger partial charge on any atom is -0.316 e. The van der Waals surface area contributed by atoms with Crippen molar-refractivity contribution in [1.82, 2.24) is 5.32 Å². The summed E-state index contributed by atoms with van der Waals surface area (Å²) in [6.45, 7) is 2.44. The Balaban J connectivity index is 1.71. The van der Waals surface area contributed by atoms with Crippen LogP contribution < -0.4 is 5.32 Å². The Morgan fingerprint density at radius 2 is 2.38 bits per heavy atom. The molecule has 88 valence electrons. The number of hydrogen-bond donors (Lipinski definition) is 1. The van der Waals surface area contributed by atoms with Crippen LogP contribution in [0.3, 0.4) is 0 Å². The zero-order valence-corrected chi connectivity index (χ0v) is 11.8. The first kappa shape index (κ1) is 12.5. The molecule has 1 fully saturated rings. The van der Waals surface area contributed by atoms with Crippen LogP contribution in [0.15, 0.2) is 33.6 Å². The van der Waals surface area contributed by atoms with E-state index >= 15 is 0 Å². The van der Waals surface area contributed by atoms with Crippen LogP contribution in [0.4, 0.5) is 0 Å². The average molecular weight is 300 g/mol. The zero-order valence-electron chi connectivity index (χ0n) is 9.42. The molecule has 1 aliphatic rings. The molecule has 1 atom stereocenters. The second kappa shape index (κ2) is 6.67. The summed E-state index contributed by atoms with van der Waals surface area (Å²) in [7, 11) is 0. The van der Waals surface area contributed by atoms with Gasteiger partial charge in [0.15, 0.2) is 0 Å². The highest BCUT2D eigenvalue weighted by molar-refractivity contribution is 9.10. The largest absolute Gasteiger partial charge is 0.316 e. The van der Waals surface area contributed by atoms with E-state index in [1.54, 1.807) is 0 Å². The number of halogens is 1. The minimum absolute atomic E-state index is 0.897. The second-order valence-corrected chi connectivity index (χ2v) is 6.39. The van der Waals surface area contributed by atoms with Gasteiger partial charge in [-0.1, -0.05) is 22.0 Å². The fraction of sp³-hybridized carbons (Fsp3) is 0.538. The van der Waals surface area contributed by atoms with E-state index in [0.29, 0.717) is 0 Å². The molecule has 1 aliphatic heterocycles. The Hall–Kier alpha value is 0.01000. The first-order valence-corrected chi connectivity index (χ1v) is 7.71. The van der Waals surface area contributed by atoms with Crippen molar-refractivity contribution >= 4 is 27.7 Å². The van der Waals surface area contributed by atoms with Crippen LogP contribution in [-0.4, -0.2) is 18.8 Å². The summed E-state index contributed by atoms with van der Waals surface area (Å²) in [5.74, 6) is 2.14. The monoisotopic (exact) mass is 299 g/mol. The van der Waals surface area contributed by atoms with Crippen molar-refractivity contribution in [2.45, 2.75) is 24.2 Å². The summed E-state index contributed by atoms with van der Waals surface area (Å²) in [6.07, 6.45) is 4.10. The van der Waals surface area contributed by atoms with E-state index in [1.165, 1.54) is 47.5 Å². The molecular formula is C13H18BrNS. The van der Waals surface area contributed by atoms with E-state index in [2.05, 4.69) is 45.5 Å². The lowest BCUT2D eigenvalue weighted by Gasteiger charge is -2.22. The lowest BCUT2D eigenvalue weighted by molar-refractivity contribution is 0.371. The quantitative estimate of drug-likeness (QED) is 0.846. The maximum atomic E-state index is 3.51. The molecule has 1 aromatic carbocycles. The SMILES string of the molecule is Brc1cccc(SCCC2CCCNC2)c1. The number of nitrogens with one attached hydrogen (secondary N) is 1. The van der Waals surface area contributed by atoms with Crippen molar-refractivity contribution < 1.29 is 0 Å². The molecule has 1 heterocycles. The van der Waals surface area contributed by atoms with Crippen LogP contribution >= 0.6 is 27.7 Å². The van der Waals surface area contributed by atoms with Gasteiger partial charge < -0.3 is 5.32 Å². The molecule has 0 bridgehead atoms. The minimum atomic E-state index is 0.897. The average Bonchev–Trinajstić information content (AvgIpc) is 2.30. The molecule has 1 N–H and O–H groups in total. The van der Waals surface area contributed by atoms with Gasteiger partial charge in [0.05, 0.1) is 0 Å². The van der Waals surface area contributed by atoms with Gasteiger partial charge in [-0.25, -0.2) is 0 Å². The number of piperidine rings is 1. The van der Waals surface area contributed by atoms with Crippen molar-refractivity contribution in [2.75, 3.05) is 18.8 Å². The molecule has 1 saturated heterocycles. The fourth-order valence-electron chi connectivity index (χ4n) is 2.07. The van der Waals surface area contributed by atoms with Crippen molar-refractivity contribution in [3.8, 4) is 0 Å². The Bertz CT molecular complexity index is 323. The van der Waals surface area contributed by atoms with Crippen molar-refractivity contribution in [2.24, 2.45) is 5.92 Å². The molecule has 1 aromatic rings. The standard InChI is InChI=1S/C13H18BrNS/c14-12-4-1-5-13(9-12)16-8-6-11-3-2-7-15-10-11/h1,4-5,9,11,15H,2-3,6-8,10H2. The molecule has 3 heteroatoms. The van der Waals surface area contributed by atoms with Gasteiger partial charge in [-0.3, -0.25) is 0 Å². The summed E-state index contributed by atoms with van der Waals surface area (Å²) in [5.41, 5.74) is 0. The highest BCUT2D eigenvalue weighted by Gasteiger charge is 2.12. The van der Waals surface area contributed by atoms with E-state index in [-0.39, 0.29) is 0 Å². The van der Waals surface area contributed by atoms with Gasteiger partial charge in [0.25, 0.3) is 0 Å². The Morgan fingerprint density at radius 1 is 1.44 bits per heavy atom. The van der Waals surface area contributed by atoms with Gasteiger partial charge in [0.2, 0.25) is 0 Å². The van der Waals surface area contributed by atoms with E-state index in [0.717, 1.165) is 5.92 Å². The topological polar surface area (TPSA) is 12.0 Å². The van der Waals surface area contributed by atoms with Gasteiger partial charge in [0, 0.05) is 9.37 Å². The summed E-state index contributed by atoms with van der Waals surface area (Å²) in [6, 6.07) is 8.57. The lowest BCUT2D eigenvalue weighted by Crippen LogP contribution is -2.29. The van der Waals surface area contributed by atoms with Crippen LogP contribution in [0.5, 0.6) is 0 Å². The third-order valence-electron chi connectivity index (χ3n) is 2.99. The Labute approximate surface area is 111 Å². The smallest absolute Gasteiger partial charge is 0.0186 e. The molecule has 0 amide bonds.